The van der Waals surface area contributed by atoms with Gasteiger partial charge in [-0.2, -0.15) is 9.57 Å². The summed E-state index contributed by atoms with van der Waals surface area (Å²) in [4.78, 5) is 16.8. The zero-order valence-electron chi connectivity index (χ0n) is 39.9. The first-order valence-electron chi connectivity index (χ1n) is 22.9. The van der Waals surface area contributed by atoms with Gasteiger partial charge in [-0.1, -0.05) is 52.8 Å². The monoisotopic (exact) mass is 917 g/mol. The number of hydrogen-bond acceptors (Lipinski definition) is 12. The highest BCUT2D eigenvalue weighted by Crippen LogP contribution is 2.63. The third kappa shape index (κ3) is 8.01. The molecule has 0 radical (unpaired) electrons. The highest BCUT2D eigenvalue weighted by atomic mass is 32.2. The van der Waals surface area contributed by atoms with Crippen LogP contribution in [0.3, 0.4) is 0 Å². The second kappa shape index (κ2) is 18.5. The fourth-order valence-electron chi connectivity index (χ4n) is 10.5. The molecule has 0 aromatic heterocycles. The largest absolute Gasteiger partial charge is 0.464 e. The van der Waals surface area contributed by atoms with Crippen LogP contribution in [0.25, 0.3) is 0 Å². The van der Waals surface area contributed by atoms with Crippen molar-refractivity contribution in [1.82, 2.24) is 8.98 Å². The number of esters is 1. The van der Waals surface area contributed by atoms with E-state index in [0.29, 0.717) is 23.6 Å². The van der Waals surface area contributed by atoms with E-state index < -0.39 is 24.1 Å². The molecule has 1 spiro atoms. The molecule has 0 saturated heterocycles. The van der Waals surface area contributed by atoms with E-state index >= 15 is 8.42 Å². The number of anilines is 2. The third-order valence-corrected chi connectivity index (χ3v) is 18.1. The number of fused-ring (bicyclic) bond motifs is 8. The van der Waals surface area contributed by atoms with Crippen molar-refractivity contribution in [3.05, 3.63) is 76.3 Å². The number of nitriles is 1. The van der Waals surface area contributed by atoms with Crippen LogP contribution in [0, 0.1) is 11.3 Å². The number of carbonyl (C=O) groups is 1. The van der Waals surface area contributed by atoms with Gasteiger partial charge in [-0.05, 0) is 77.3 Å². The normalized spacial score (nSPS) is 22.6. The van der Waals surface area contributed by atoms with Gasteiger partial charge in [0.05, 0.1) is 50.4 Å². The van der Waals surface area contributed by atoms with E-state index in [4.69, 9.17) is 28.5 Å². The Balaban J connectivity index is 1.34. The smallest absolute Gasteiger partial charge is 0.302 e. The molecule has 13 nitrogen and oxygen atoms in total. The lowest BCUT2D eigenvalue weighted by Crippen LogP contribution is -2.49. The van der Waals surface area contributed by atoms with Gasteiger partial charge in [-0.25, -0.2) is 13.1 Å². The van der Waals surface area contributed by atoms with Gasteiger partial charge in [0.1, 0.15) is 23.6 Å². The molecule has 0 amide bonds. The zero-order chi connectivity index (χ0) is 46.5. The Morgan fingerprint density at radius 3 is 1.91 bits per heavy atom. The summed E-state index contributed by atoms with van der Waals surface area (Å²) in [6.45, 7) is 27.9. The Morgan fingerprint density at radius 2 is 1.36 bits per heavy atom. The number of hydrogen-bond donors (Lipinski definition) is 0. The van der Waals surface area contributed by atoms with E-state index in [1.54, 1.807) is 16.4 Å². The minimum absolute atomic E-state index is 0.0335. The minimum Gasteiger partial charge on any atom is -0.464 e. The molecule has 4 aliphatic rings. The molecule has 4 atom stereocenters. The van der Waals surface area contributed by atoms with Crippen molar-refractivity contribution >= 4 is 35.9 Å². The topological polar surface area (TPSA) is 134 Å². The summed E-state index contributed by atoms with van der Waals surface area (Å²) in [5.41, 5.74) is 4.61. The molecule has 0 saturated carbocycles. The van der Waals surface area contributed by atoms with Crippen molar-refractivity contribution < 1.29 is 36.5 Å². The average molecular weight is 918 g/mol. The molecule has 0 bridgehead atoms. The molecule has 3 aromatic rings. The summed E-state index contributed by atoms with van der Waals surface area (Å²) in [6.07, 6.45) is 1.24. The highest BCUT2D eigenvalue weighted by Gasteiger charge is 2.61. The van der Waals surface area contributed by atoms with Gasteiger partial charge >= 0.3 is 5.97 Å². The fraction of sp³-hybridized carbons (Fsp3) is 0.592. The van der Waals surface area contributed by atoms with Crippen LogP contribution < -0.4 is 14.5 Å². The van der Waals surface area contributed by atoms with Crippen LogP contribution in [0.2, 0.25) is 0 Å². The first kappa shape index (κ1) is 48.1. The molecule has 7 rings (SSSR count). The first-order valence-corrected chi connectivity index (χ1v) is 25.5. The zero-order valence-corrected chi connectivity index (χ0v) is 41.6. The number of rotatable bonds is 18. The van der Waals surface area contributed by atoms with E-state index in [-0.39, 0.29) is 91.9 Å². The van der Waals surface area contributed by atoms with Gasteiger partial charge in [0.2, 0.25) is 10.0 Å². The van der Waals surface area contributed by atoms with Crippen LogP contribution >= 0.6 is 8.53 Å². The van der Waals surface area contributed by atoms with Gasteiger partial charge < -0.3 is 33.1 Å². The molecule has 348 valence electrons. The summed E-state index contributed by atoms with van der Waals surface area (Å²) < 4.78 is 65.7. The highest BCUT2D eigenvalue weighted by molar-refractivity contribution is 7.89. The first-order chi connectivity index (χ1) is 30.3. The Morgan fingerprint density at radius 1 is 0.797 bits per heavy atom. The van der Waals surface area contributed by atoms with Crippen LogP contribution in [0.1, 0.15) is 124 Å². The molecule has 15 heteroatoms. The van der Waals surface area contributed by atoms with Crippen molar-refractivity contribution in [2.45, 2.75) is 141 Å². The van der Waals surface area contributed by atoms with E-state index in [1.165, 1.54) is 6.92 Å². The van der Waals surface area contributed by atoms with Crippen molar-refractivity contribution in [2.24, 2.45) is 0 Å². The van der Waals surface area contributed by atoms with E-state index in [0.717, 1.165) is 46.6 Å². The molecule has 0 aliphatic carbocycles. The Hall–Kier alpha value is -3.80. The predicted molar refractivity (Wildman–Crippen MR) is 252 cm³/mol. The second-order valence-electron chi connectivity index (χ2n) is 19.1. The minimum atomic E-state index is -4.10. The Kier molecular flexibility index (Phi) is 13.9. The quantitative estimate of drug-likeness (QED) is 0.0684. The van der Waals surface area contributed by atoms with E-state index in [9.17, 15) is 4.79 Å². The summed E-state index contributed by atoms with van der Waals surface area (Å²) in [5, 5.41) is 9.16. The SMILES string of the molecule is CCCN1c2cc3c(cc2C(C)(C)[C@@H]1C)C1(c2cc4c(cc2O3)N(CCOC(C)=O)[C@@H](C)C4(C)C)c2ccccc2S(=O)(=O)N1CCOCCOP(OCCC#N)N(C(C)C)C(C)C. The molecule has 0 fully saturated rings. The number of ether oxygens (including phenoxy) is 3. The summed E-state index contributed by atoms with van der Waals surface area (Å²) in [6, 6.07) is 18.7. The third-order valence-electron chi connectivity index (χ3n) is 14.1. The van der Waals surface area contributed by atoms with Crippen molar-refractivity contribution in [2.75, 3.05) is 62.5 Å². The molecule has 2 unspecified atom stereocenters. The maximum Gasteiger partial charge on any atom is 0.302 e. The maximum atomic E-state index is 15.3. The molecule has 3 aromatic carbocycles. The van der Waals surface area contributed by atoms with Crippen molar-refractivity contribution in [3.63, 3.8) is 0 Å². The van der Waals surface area contributed by atoms with Gasteiger partial charge in [0.25, 0.3) is 8.53 Å². The summed E-state index contributed by atoms with van der Waals surface area (Å²) >= 11 is 0. The maximum absolute atomic E-state index is 15.3. The summed E-state index contributed by atoms with van der Waals surface area (Å²) in [7, 11) is -5.55. The number of nitrogens with zero attached hydrogens (tertiary/aromatic N) is 5. The number of benzene rings is 3. The molecule has 4 aliphatic heterocycles. The van der Waals surface area contributed by atoms with Crippen molar-refractivity contribution in [3.8, 4) is 17.6 Å². The van der Waals surface area contributed by atoms with Gasteiger partial charge in [0.15, 0.2) is 0 Å². The van der Waals surface area contributed by atoms with Crippen LogP contribution in [0.15, 0.2) is 53.4 Å². The van der Waals surface area contributed by atoms with Gasteiger partial charge in [-0.3, -0.25) is 4.79 Å². The van der Waals surface area contributed by atoms with E-state index in [2.05, 4.69) is 121 Å². The fourth-order valence-corrected chi connectivity index (χ4v) is 14.0. The lowest BCUT2D eigenvalue weighted by molar-refractivity contribution is -0.140. The van der Waals surface area contributed by atoms with Crippen LogP contribution in [-0.4, -0.2) is 100 Å². The van der Waals surface area contributed by atoms with Gasteiger partial charge in [-0.15, -0.1) is 0 Å². The second-order valence-corrected chi connectivity index (χ2v) is 22.4. The van der Waals surface area contributed by atoms with Gasteiger partial charge in [0, 0.05) is 95.2 Å². The summed E-state index contributed by atoms with van der Waals surface area (Å²) in [5.74, 6) is 0.870. The molecule has 4 heterocycles. The van der Waals surface area contributed by atoms with E-state index in [1.807, 2.05) is 12.1 Å². The molecule has 0 N–H and O–H groups in total. The molecule has 64 heavy (non-hydrogen) atoms. The number of carbonyl (C=O) groups excluding carboxylic acids is 1. The average Bonchev–Trinajstić information content (AvgIpc) is 3.63. The van der Waals surface area contributed by atoms with Crippen LogP contribution in [-0.2, 0) is 49.7 Å². The Labute approximate surface area is 382 Å². The standard InChI is InChI=1S/C49H68N5O8PS/c1-13-20-51-34(6)47(9,10)38-28-40-44(30-42(38)51)62-45-31-43-39(48(11,12)35(7)52(43)21-25-59-36(8)55)29-41(45)49(40)37-17-14-15-18-46(37)64(56,57)53(49)22-24-58-26-27-61-63(60-23-16-19-50)54(32(2)3)33(4)5/h14-15,17-18,28-35H,13,16,20-27H2,1-12H3/t34-,35-,49?,63?/m0/s1. The molecular formula is C49H68N5O8PS. The van der Waals surface area contributed by atoms with Crippen LogP contribution in [0.4, 0.5) is 11.4 Å². The Bertz CT molecular complexity index is 2380. The lowest BCUT2D eigenvalue weighted by atomic mass is 9.71. The number of sulfonamides is 1. The lowest BCUT2D eigenvalue weighted by Gasteiger charge is -2.44. The van der Waals surface area contributed by atoms with Crippen molar-refractivity contribution in [1.29, 1.82) is 5.26 Å². The predicted octanol–water partition coefficient (Wildman–Crippen LogP) is 9.34. The molecular weight excluding hydrogens is 850 g/mol. The van der Waals surface area contributed by atoms with Crippen LogP contribution in [0.5, 0.6) is 11.5 Å².